The molecular formula is C18H20F2N4O3S. The fourth-order valence-electron chi connectivity index (χ4n) is 2.76. The number of sulfonamides is 1. The van der Waals surface area contributed by atoms with Gasteiger partial charge < -0.3 is 4.74 Å². The molecule has 0 unspecified atom stereocenters. The molecule has 1 aliphatic rings. The van der Waals surface area contributed by atoms with E-state index in [-0.39, 0.29) is 10.6 Å². The van der Waals surface area contributed by atoms with Gasteiger partial charge in [-0.1, -0.05) is 6.42 Å². The Morgan fingerprint density at radius 3 is 2.43 bits per heavy atom. The second-order valence-electron chi connectivity index (χ2n) is 6.16. The Balaban J connectivity index is 1.59. The normalized spacial score (nSPS) is 15.8. The molecule has 0 radical (unpaired) electrons. The number of piperidine rings is 1. The highest BCUT2D eigenvalue weighted by Gasteiger charge is 2.26. The molecule has 150 valence electrons. The summed E-state index contributed by atoms with van der Waals surface area (Å²) >= 11 is 0. The zero-order chi connectivity index (χ0) is 20.0. The lowest BCUT2D eigenvalue weighted by Crippen LogP contribution is -2.35. The van der Waals surface area contributed by atoms with Crippen LogP contribution < -0.4 is 10.2 Å². The molecule has 1 N–H and O–H groups in total. The molecule has 1 aliphatic heterocycles. The second-order valence-corrected chi connectivity index (χ2v) is 8.10. The maximum Gasteiger partial charge on any atom is 0.387 e. The molecule has 1 fully saturated rings. The highest BCUT2D eigenvalue weighted by Crippen LogP contribution is 2.20. The fourth-order valence-corrected chi connectivity index (χ4v) is 4.22. The average Bonchev–Trinajstić information content (AvgIpc) is 2.70. The van der Waals surface area contributed by atoms with Gasteiger partial charge in [-0.15, -0.1) is 0 Å². The van der Waals surface area contributed by atoms with Crippen LogP contribution in [0.3, 0.4) is 0 Å². The highest BCUT2D eigenvalue weighted by atomic mass is 32.2. The number of nitrogens with zero attached hydrogens (tertiary/aromatic N) is 3. The molecular weight excluding hydrogens is 390 g/mol. The van der Waals surface area contributed by atoms with E-state index in [0.717, 1.165) is 19.3 Å². The topological polar surface area (TPSA) is 83.9 Å². The number of ether oxygens (including phenoxy) is 1. The van der Waals surface area contributed by atoms with Gasteiger partial charge >= 0.3 is 6.61 Å². The Hall–Kier alpha value is -2.59. The molecule has 10 heteroatoms. The Kier molecular flexibility index (Phi) is 6.53. The minimum Gasteiger partial charge on any atom is -0.435 e. The maximum atomic E-state index is 12.6. The van der Waals surface area contributed by atoms with Crippen LogP contribution in [0.15, 0.2) is 52.6 Å². The maximum absolute atomic E-state index is 12.6. The van der Waals surface area contributed by atoms with Crippen molar-refractivity contribution in [3.05, 3.63) is 48.2 Å². The number of halogens is 2. The highest BCUT2D eigenvalue weighted by molar-refractivity contribution is 7.89. The Morgan fingerprint density at radius 2 is 1.82 bits per heavy atom. The van der Waals surface area contributed by atoms with Crippen molar-refractivity contribution in [1.82, 2.24) is 9.29 Å². The van der Waals surface area contributed by atoms with E-state index in [9.17, 15) is 17.2 Å². The van der Waals surface area contributed by atoms with Crippen molar-refractivity contribution < 1.29 is 21.9 Å². The van der Waals surface area contributed by atoms with E-state index in [1.165, 1.54) is 41.0 Å². The van der Waals surface area contributed by atoms with Crippen LogP contribution in [-0.4, -0.2) is 43.6 Å². The Labute approximate surface area is 162 Å². The molecule has 28 heavy (non-hydrogen) atoms. The van der Waals surface area contributed by atoms with Gasteiger partial charge in [0.15, 0.2) is 0 Å². The van der Waals surface area contributed by atoms with Crippen LogP contribution in [0.2, 0.25) is 0 Å². The molecule has 1 aromatic carbocycles. The minimum absolute atomic E-state index is 0.0623. The van der Waals surface area contributed by atoms with E-state index in [1.807, 2.05) is 0 Å². The van der Waals surface area contributed by atoms with Crippen LogP contribution in [0.5, 0.6) is 5.75 Å². The van der Waals surface area contributed by atoms with E-state index in [2.05, 4.69) is 20.2 Å². The molecule has 2 aromatic rings. The molecule has 2 heterocycles. The number of hydrazone groups is 1. The fraction of sp³-hybridized carbons (Fsp3) is 0.333. The predicted molar refractivity (Wildman–Crippen MR) is 101 cm³/mol. The first-order valence-electron chi connectivity index (χ1n) is 8.75. The van der Waals surface area contributed by atoms with Crippen LogP contribution in [0, 0.1) is 0 Å². The minimum atomic E-state index is -3.52. The van der Waals surface area contributed by atoms with Gasteiger partial charge in [0.25, 0.3) is 0 Å². The van der Waals surface area contributed by atoms with Gasteiger partial charge in [0.1, 0.15) is 16.5 Å². The van der Waals surface area contributed by atoms with E-state index in [1.54, 1.807) is 12.1 Å². The second kappa shape index (κ2) is 9.07. The molecule has 1 aromatic heterocycles. The number of rotatable bonds is 7. The summed E-state index contributed by atoms with van der Waals surface area (Å²) in [5.74, 6) is 0.443. The van der Waals surface area contributed by atoms with Gasteiger partial charge in [-0.05, 0) is 54.8 Å². The van der Waals surface area contributed by atoms with Crippen LogP contribution in [0.4, 0.5) is 14.6 Å². The van der Waals surface area contributed by atoms with Crippen LogP contribution in [0.1, 0.15) is 24.8 Å². The van der Waals surface area contributed by atoms with Crippen molar-refractivity contribution in [3.8, 4) is 5.75 Å². The largest absolute Gasteiger partial charge is 0.435 e. The SMILES string of the molecule is O=S(=O)(c1ccc(N/N=C/c2ccc(OC(F)F)cc2)nc1)N1CCCCC1. The summed E-state index contributed by atoms with van der Waals surface area (Å²) in [7, 11) is -3.52. The molecule has 7 nitrogen and oxygen atoms in total. The van der Waals surface area contributed by atoms with E-state index < -0.39 is 16.6 Å². The predicted octanol–water partition coefficient (Wildman–Crippen LogP) is 3.30. The van der Waals surface area contributed by atoms with Crippen LogP contribution >= 0.6 is 0 Å². The smallest absolute Gasteiger partial charge is 0.387 e. The van der Waals surface area contributed by atoms with Crippen molar-refractivity contribution in [3.63, 3.8) is 0 Å². The molecule has 0 atom stereocenters. The van der Waals surface area contributed by atoms with Crippen molar-refractivity contribution in [1.29, 1.82) is 0 Å². The van der Waals surface area contributed by atoms with Gasteiger partial charge in [-0.3, -0.25) is 5.43 Å². The monoisotopic (exact) mass is 410 g/mol. The number of alkyl halides is 2. The zero-order valence-electron chi connectivity index (χ0n) is 15.0. The molecule has 0 bridgehead atoms. The summed E-state index contributed by atoms with van der Waals surface area (Å²) < 4.78 is 55.1. The van der Waals surface area contributed by atoms with E-state index in [4.69, 9.17) is 0 Å². The molecule has 0 amide bonds. The summed E-state index contributed by atoms with van der Waals surface area (Å²) in [5, 5.41) is 4.00. The quantitative estimate of drug-likeness (QED) is 0.559. The van der Waals surface area contributed by atoms with Gasteiger partial charge in [-0.2, -0.15) is 18.2 Å². The number of pyridine rings is 1. The van der Waals surface area contributed by atoms with E-state index in [0.29, 0.717) is 24.5 Å². The van der Waals surface area contributed by atoms with Crippen molar-refractivity contribution in [2.75, 3.05) is 18.5 Å². The first kappa shape index (κ1) is 20.2. The molecule has 0 saturated carbocycles. The van der Waals surface area contributed by atoms with Crippen molar-refractivity contribution in [2.24, 2.45) is 5.10 Å². The lowest BCUT2D eigenvalue weighted by atomic mass is 10.2. The van der Waals surface area contributed by atoms with Gasteiger partial charge in [0, 0.05) is 19.3 Å². The van der Waals surface area contributed by atoms with Crippen LogP contribution in [0.25, 0.3) is 0 Å². The molecule has 0 spiro atoms. The van der Waals surface area contributed by atoms with Crippen LogP contribution in [-0.2, 0) is 10.0 Å². The first-order chi connectivity index (χ1) is 13.4. The summed E-state index contributed by atoms with van der Waals surface area (Å²) in [6, 6.07) is 8.99. The Bertz CT molecular complexity index is 897. The number of hydrogen-bond acceptors (Lipinski definition) is 6. The third-order valence-electron chi connectivity index (χ3n) is 4.19. The third-order valence-corrected chi connectivity index (χ3v) is 6.07. The van der Waals surface area contributed by atoms with Crippen molar-refractivity contribution in [2.45, 2.75) is 30.8 Å². The summed E-state index contributed by atoms with van der Waals surface area (Å²) in [5.41, 5.74) is 3.36. The van der Waals surface area contributed by atoms with Crippen molar-refractivity contribution >= 4 is 22.1 Å². The third kappa shape index (κ3) is 5.23. The van der Waals surface area contributed by atoms with Gasteiger partial charge in [-0.25, -0.2) is 13.4 Å². The summed E-state index contributed by atoms with van der Waals surface area (Å²) in [6.07, 6.45) is 5.57. The standard InChI is InChI=1S/C18H20F2N4O3S/c19-18(20)27-15-6-4-14(5-7-15)12-22-23-17-9-8-16(13-21-17)28(25,26)24-10-2-1-3-11-24/h4-9,12-13,18H,1-3,10-11H2,(H,21,23)/b22-12+. The molecule has 3 rings (SSSR count). The summed E-state index contributed by atoms with van der Waals surface area (Å²) in [4.78, 5) is 4.24. The van der Waals surface area contributed by atoms with Gasteiger partial charge in [0.2, 0.25) is 10.0 Å². The van der Waals surface area contributed by atoms with Gasteiger partial charge in [0.05, 0.1) is 6.21 Å². The molecule has 0 aliphatic carbocycles. The zero-order valence-corrected chi connectivity index (χ0v) is 15.8. The average molecular weight is 410 g/mol. The number of hydrogen-bond donors (Lipinski definition) is 1. The van der Waals surface area contributed by atoms with E-state index >= 15 is 0 Å². The first-order valence-corrected chi connectivity index (χ1v) is 10.2. The number of benzene rings is 1. The summed E-state index contributed by atoms with van der Waals surface area (Å²) in [6.45, 7) is -1.80. The number of anilines is 1. The lowest BCUT2D eigenvalue weighted by molar-refractivity contribution is -0.0498. The Morgan fingerprint density at radius 1 is 1.11 bits per heavy atom. The molecule has 1 saturated heterocycles. The number of nitrogens with one attached hydrogen (secondary N) is 1. The number of aromatic nitrogens is 1. The lowest BCUT2D eigenvalue weighted by Gasteiger charge is -2.25.